The Labute approximate surface area is 193 Å². The number of carbonyl (C=O) groups excluding carboxylic acids is 4. The smallest absolute Gasteiger partial charge is 0.299 e. The van der Waals surface area contributed by atoms with E-state index in [0.29, 0.717) is 22.0 Å². The second kappa shape index (κ2) is 9.24. The number of nitrogens with zero attached hydrogens (tertiary/aromatic N) is 2. The number of ketones is 2. The Hall–Kier alpha value is -3.38. The van der Waals surface area contributed by atoms with Crippen LogP contribution in [0.25, 0.3) is 0 Å². The molecule has 2 N–H and O–H groups in total. The molecule has 2 aromatic rings. The number of anilines is 2. The van der Waals surface area contributed by atoms with Crippen molar-refractivity contribution in [1.29, 1.82) is 0 Å². The van der Waals surface area contributed by atoms with E-state index in [1.54, 1.807) is 12.1 Å². The lowest BCUT2D eigenvalue weighted by atomic mass is 10.1. The number of carbonyl (C=O) groups is 4. The normalized spacial score (nSPS) is 14.8. The molecule has 0 aromatic heterocycles. The molecule has 0 atom stereocenters. The maximum Gasteiger partial charge on any atom is 0.299 e. The first kappa shape index (κ1) is 24.3. The summed E-state index contributed by atoms with van der Waals surface area (Å²) in [4.78, 5) is 48.3. The summed E-state index contributed by atoms with van der Waals surface area (Å²) < 4.78 is 30.8. The van der Waals surface area contributed by atoms with Crippen molar-refractivity contribution in [1.82, 2.24) is 0 Å². The van der Waals surface area contributed by atoms with Crippen LogP contribution in [0.1, 0.15) is 20.7 Å². The SMILES string of the molecule is C=CCN1C(=O)C(=O)c2cc(S(=O)(=O)O)ccc21.O=C1C(=O)N(CCO)c2ccc(Cl)cc21. The number of hydrogen-bond donors (Lipinski definition) is 2. The van der Waals surface area contributed by atoms with Crippen molar-refractivity contribution in [2.24, 2.45) is 0 Å². The van der Waals surface area contributed by atoms with Crippen LogP contribution in [0.4, 0.5) is 11.4 Å². The van der Waals surface area contributed by atoms with Gasteiger partial charge < -0.3 is 14.9 Å². The maximum absolute atomic E-state index is 11.7. The summed E-state index contributed by atoms with van der Waals surface area (Å²) in [6.07, 6.45) is 1.46. The minimum atomic E-state index is -4.40. The molecule has 0 saturated carbocycles. The van der Waals surface area contributed by atoms with Gasteiger partial charge in [0.05, 0.1) is 34.0 Å². The van der Waals surface area contributed by atoms with E-state index in [-0.39, 0.29) is 25.3 Å². The molecule has 2 heterocycles. The summed E-state index contributed by atoms with van der Waals surface area (Å²) in [6, 6.07) is 8.12. The van der Waals surface area contributed by atoms with Crippen LogP contribution in [-0.4, -0.2) is 61.2 Å². The Kier molecular flexibility index (Phi) is 6.79. The average Bonchev–Trinajstić information content (AvgIpc) is 3.14. The van der Waals surface area contributed by atoms with Gasteiger partial charge in [-0.25, -0.2) is 0 Å². The molecular formula is C21H17ClN2O8S. The lowest BCUT2D eigenvalue weighted by Gasteiger charge is -2.14. The predicted octanol–water partition coefficient (Wildman–Crippen LogP) is 1.51. The molecule has 172 valence electrons. The van der Waals surface area contributed by atoms with Gasteiger partial charge in [-0.05, 0) is 36.4 Å². The van der Waals surface area contributed by atoms with Crippen LogP contribution in [0, 0.1) is 0 Å². The van der Waals surface area contributed by atoms with Crippen molar-refractivity contribution in [3.8, 4) is 0 Å². The monoisotopic (exact) mass is 492 g/mol. The minimum absolute atomic E-state index is 0.0306. The molecule has 10 nitrogen and oxygen atoms in total. The number of β-amino-alcohol motifs (C(OH)–C–C–N with tert-alkyl or cyclic N) is 1. The molecule has 0 aliphatic carbocycles. The Balaban J connectivity index is 0.000000189. The molecule has 0 unspecified atom stereocenters. The average molecular weight is 493 g/mol. The van der Waals surface area contributed by atoms with Crippen molar-refractivity contribution >= 4 is 56.5 Å². The van der Waals surface area contributed by atoms with E-state index in [2.05, 4.69) is 6.58 Å². The number of aliphatic hydroxyl groups excluding tert-OH is 1. The van der Waals surface area contributed by atoms with Crippen LogP contribution in [0.2, 0.25) is 5.02 Å². The zero-order chi connectivity index (χ0) is 24.5. The van der Waals surface area contributed by atoms with Crippen molar-refractivity contribution in [3.63, 3.8) is 0 Å². The standard InChI is InChI=1S/C11H9NO5S.C10H8ClNO3/c1-2-5-12-9-4-3-7(18(15,16)17)6-8(9)10(13)11(12)14;11-6-1-2-8-7(5-6)9(14)10(15)12(8)3-4-13/h2-4,6H,1,5H2,(H,15,16,17);1-2,5,13H,3-4H2. The summed E-state index contributed by atoms with van der Waals surface area (Å²) in [5.74, 6) is -2.71. The van der Waals surface area contributed by atoms with E-state index in [0.717, 1.165) is 12.1 Å². The summed E-state index contributed by atoms with van der Waals surface area (Å²) in [7, 11) is -4.40. The van der Waals surface area contributed by atoms with Gasteiger partial charge >= 0.3 is 0 Å². The number of fused-ring (bicyclic) bond motifs is 2. The van der Waals surface area contributed by atoms with Crippen LogP contribution < -0.4 is 9.80 Å². The predicted molar refractivity (Wildman–Crippen MR) is 118 cm³/mol. The van der Waals surface area contributed by atoms with Crippen LogP contribution >= 0.6 is 11.6 Å². The minimum Gasteiger partial charge on any atom is -0.395 e. The third-order valence-corrected chi connectivity index (χ3v) is 5.89. The van der Waals surface area contributed by atoms with Gasteiger partial charge in [-0.3, -0.25) is 23.7 Å². The molecule has 0 bridgehead atoms. The molecule has 2 aliphatic rings. The molecule has 0 radical (unpaired) electrons. The van der Waals surface area contributed by atoms with Gasteiger partial charge in [-0.2, -0.15) is 8.42 Å². The van der Waals surface area contributed by atoms with Gasteiger partial charge in [0.2, 0.25) is 0 Å². The maximum atomic E-state index is 11.7. The zero-order valence-corrected chi connectivity index (χ0v) is 18.5. The van der Waals surface area contributed by atoms with E-state index in [1.807, 2.05) is 0 Å². The number of halogens is 1. The zero-order valence-electron chi connectivity index (χ0n) is 16.9. The Bertz CT molecular complexity index is 1310. The number of benzene rings is 2. The van der Waals surface area contributed by atoms with Crippen LogP contribution in [-0.2, 0) is 19.7 Å². The fourth-order valence-corrected chi connectivity index (χ4v) is 4.02. The van der Waals surface area contributed by atoms with Gasteiger partial charge in [0.1, 0.15) is 0 Å². The molecule has 2 aromatic carbocycles. The highest BCUT2D eigenvalue weighted by atomic mass is 35.5. The van der Waals surface area contributed by atoms with Crippen molar-refractivity contribution < 1.29 is 37.3 Å². The van der Waals surface area contributed by atoms with Gasteiger partial charge in [0.15, 0.2) is 0 Å². The van der Waals surface area contributed by atoms with Crippen molar-refractivity contribution in [2.45, 2.75) is 4.90 Å². The topological polar surface area (TPSA) is 149 Å². The lowest BCUT2D eigenvalue weighted by Crippen LogP contribution is -2.32. The van der Waals surface area contributed by atoms with Gasteiger partial charge in [0.25, 0.3) is 33.5 Å². The molecule has 12 heteroatoms. The van der Waals surface area contributed by atoms with Gasteiger partial charge in [0, 0.05) is 18.1 Å². The Morgan fingerprint density at radius 1 is 0.909 bits per heavy atom. The third-order valence-electron chi connectivity index (χ3n) is 4.81. The number of rotatable bonds is 5. The first-order chi connectivity index (χ1) is 15.5. The summed E-state index contributed by atoms with van der Waals surface area (Å²) in [6.45, 7) is 3.57. The van der Waals surface area contributed by atoms with Gasteiger partial charge in [-0.1, -0.05) is 17.7 Å². The molecule has 0 saturated heterocycles. The first-order valence-corrected chi connectivity index (χ1v) is 11.2. The highest BCUT2D eigenvalue weighted by Gasteiger charge is 2.36. The molecule has 4 rings (SSSR count). The molecule has 2 amide bonds. The highest BCUT2D eigenvalue weighted by Crippen LogP contribution is 2.31. The fourth-order valence-electron chi connectivity index (χ4n) is 3.35. The Morgan fingerprint density at radius 3 is 2.03 bits per heavy atom. The number of amides is 2. The second-order valence-electron chi connectivity index (χ2n) is 6.86. The fraction of sp³-hybridized carbons (Fsp3) is 0.143. The van der Waals surface area contributed by atoms with Crippen LogP contribution in [0.3, 0.4) is 0 Å². The van der Waals surface area contributed by atoms with E-state index in [1.165, 1.54) is 28.0 Å². The molecule has 33 heavy (non-hydrogen) atoms. The summed E-state index contributed by atoms with van der Waals surface area (Å²) >= 11 is 5.73. The van der Waals surface area contributed by atoms with Crippen LogP contribution in [0.5, 0.6) is 0 Å². The molecular weight excluding hydrogens is 476 g/mol. The van der Waals surface area contributed by atoms with Crippen molar-refractivity contribution in [2.75, 3.05) is 29.5 Å². The van der Waals surface area contributed by atoms with Crippen LogP contribution in [0.15, 0.2) is 53.9 Å². The lowest BCUT2D eigenvalue weighted by molar-refractivity contribution is -0.114. The summed E-state index contributed by atoms with van der Waals surface area (Å²) in [5, 5.41) is 9.20. The van der Waals surface area contributed by atoms with E-state index < -0.39 is 38.4 Å². The second-order valence-corrected chi connectivity index (χ2v) is 8.72. The highest BCUT2D eigenvalue weighted by molar-refractivity contribution is 7.85. The van der Waals surface area contributed by atoms with E-state index >= 15 is 0 Å². The molecule has 0 fully saturated rings. The Morgan fingerprint density at radius 2 is 1.45 bits per heavy atom. The number of Topliss-reactive ketones (excluding diaryl/α,β-unsaturated/α-hetero) is 2. The van der Waals surface area contributed by atoms with Gasteiger partial charge in [-0.15, -0.1) is 6.58 Å². The van der Waals surface area contributed by atoms with E-state index in [9.17, 15) is 27.6 Å². The molecule has 2 aliphatic heterocycles. The number of hydrogen-bond acceptors (Lipinski definition) is 7. The third kappa shape index (κ3) is 4.57. The molecule has 0 spiro atoms. The first-order valence-electron chi connectivity index (χ1n) is 9.36. The summed E-state index contributed by atoms with van der Waals surface area (Å²) in [5.41, 5.74) is 1.11. The van der Waals surface area contributed by atoms with E-state index in [4.69, 9.17) is 21.3 Å². The number of aliphatic hydroxyl groups is 1. The quantitative estimate of drug-likeness (QED) is 0.362. The van der Waals surface area contributed by atoms with Crippen molar-refractivity contribution in [3.05, 3.63) is 65.2 Å². The largest absolute Gasteiger partial charge is 0.395 e.